The summed E-state index contributed by atoms with van der Waals surface area (Å²) >= 11 is 1.51. The van der Waals surface area contributed by atoms with Crippen LogP contribution in [0.1, 0.15) is 10.4 Å². The van der Waals surface area contributed by atoms with Crippen molar-refractivity contribution in [3.05, 3.63) is 29.8 Å². The van der Waals surface area contributed by atoms with Gasteiger partial charge in [0.1, 0.15) is 6.04 Å². The molecule has 1 saturated heterocycles. The molecule has 8 heteroatoms. The Bertz CT molecular complexity index is 561. The van der Waals surface area contributed by atoms with Gasteiger partial charge in [0.2, 0.25) is 5.91 Å². The second kappa shape index (κ2) is 6.49. The number of hydrogen-bond donors (Lipinski definition) is 3. The molecule has 2 rings (SSSR count). The lowest BCUT2D eigenvalue weighted by Gasteiger charge is -2.32. The molecule has 1 heterocycles. The lowest BCUT2D eigenvalue weighted by molar-refractivity contribution is -0.141. The first-order valence-electron chi connectivity index (χ1n) is 6.27. The van der Waals surface area contributed by atoms with Gasteiger partial charge in [-0.2, -0.15) is 11.8 Å². The monoisotopic (exact) mass is 309 g/mol. The molecule has 3 amide bonds. The van der Waals surface area contributed by atoms with Gasteiger partial charge in [0.25, 0.3) is 0 Å². The summed E-state index contributed by atoms with van der Waals surface area (Å²) in [7, 11) is 0. The van der Waals surface area contributed by atoms with Gasteiger partial charge in [-0.25, -0.2) is 9.59 Å². The number of thioether (sulfide) groups is 1. The molecule has 0 aromatic heterocycles. The molecule has 1 fully saturated rings. The van der Waals surface area contributed by atoms with Gasteiger partial charge in [-0.05, 0) is 24.3 Å². The zero-order valence-corrected chi connectivity index (χ0v) is 11.9. The summed E-state index contributed by atoms with van der Waals surface area (Å²) in [5.41, 5.74) is 5.95. The molecule has 7 nitrogen and oxygen atoms in total. The zero-order chi connectivity index (χ0) is 15.4. The Balaban J connectivity index is 2.05. The second-order valence-corrected chi connectivity index (χ2v) is 5.64. The maximum Gasteiger partial charge on any atom is 0.327 e. The zero-order valence-electron chi connectivity index (χ0n) is 11.1. The van der Waals surface area contributed by atoms with Crippen LogP contribution in [0.4, 0.5) is 10.5 Å². The molecule has 1 aromatic carbocycles. The quantitative estimate of drug-likeness (QED) is 0.765. The van der Waals surface area contributed by atoms with E-state index in [9.17, 15) is 14.4 Å². The Morgan fingerprint density at radius 2 is 1.95 bits per heavy atom. The fourth-order valence-electron chi connectivity index (χ4n) is 1.96. The number of nitrogens with zero attached hydrogens (tertiary/aromatic N) is 1. The molecule has 0 spiro atoms. The van der Waals surface area contributed by atoms with Crippen molar-refractivity contribution < 1.29 is 19.5 Å². The Morgan fingerprint density at radius 1 is 1.29 bits per heavy atom. The van der Waals surface area contributed by atoms with E-state index in [1.807, 2.05) is 0 Å². The average molecular weight is 309 g/mol. The van der Waals surface area contributed by atoms with E-state index in [0.717, 1.165) is 0 Å². The van der Waals surface area contributed by atoms with Gasteiger partial charge in [-0.3, -0.25) is 4.79 Å². The highest BCUT2D eigenvalue weighted by atomic mass is 32.2. The second-order valence-electron chi connectivity index (χ2n) is 4.49. The minimum Gasteiger partial charge on any atom is -0.480 e. The van der Waals surface area contributed by atoms with Crippen LogP contribution in [0, 0.1) is 0 Å². The van der Waals surface area contributed by atoms with Crippen molar-refractivity contribution in [3.63, 3.8) is 0 Å². The number of primary amides is 1. The number of carboxylic acids is 1. The third-order valence-electron chi connectivity index (χ3n) is 3.10. The van der Waals surface area contributed by atoms with Crippen LogP contribution in [0.25, 0.3) is 0 Å². The summed E-state index contributed by atoms with van der Waals surface area (Å²) in [4.78, 5) is 35.6. The highest BCUT2D eigenvalue weighted by molar-refractivity contribution is 7.99. The standard InChI is InChI=1S/C13H15N3O4S/c14-11(17)8-1-3-9(4-2-8)15-13(20)16-5-6-21-7-10(16)12(18)19/h1-4,10H,5-7H2,(H2,14,17)(H,15,20)(H,18,19). The van der Waals surface area contributed by atoms with Crippen molar-refractivity contribution in [2.45, 2.75) is 6.04 Å². The molecule has 1 aromatic rings. The van der Waals surface area contributed by atoms with Gasteiger partial charge in [-0.1, -0.05) is 0 Å². The number of carbonyl (C=O) groups excluding carboxylic acids is 2. The van der Waals surface area contributed by atoms with Gasteiger partial charge in [0.15, 0.2) is 0 Å². The Kier molecular flexibility index (Phi) is 4.69. The molecule has 0 saturated carbocycles. The van der Waals surface area contributed by atoms with Crippen LogP contribution in [0.2, 0.25) is 0 Å². The SMILES string of the molecule is NC(=O)c1ccc(NC(=O)N2CCSCC2C(=O)O)cc1. The number of hydrogen-bond acceptors (Lipinski definition) is 4. The average Bonchev–Trinajstić information content (AvgIpc) is 2.47. The van der Waals surface area contributed by atoms with E-state index in [2.05, 4.69) is 5.32 Å². The number of nitrogens with one attached hydrogen (secondary N) is 1. The van der Waals surface area contributed by atoms with Gasteiger partial charge in [0, 0.05) is 29.3 Å². The van der Waals surface area contributed by atoms with Crippen molar-refractivity contribution in [2.75, 3.05) is 23.4 Å². The van der Waals surface area contributed by atoms with Crippen molar-refractivity contribution in [1.82, 2.24) is 4.90 Å². The summed E-state index contributed by atoms with van der Waals surface area (Å²) in [6.45, 7) is 0.382. The third kappa shape index (κ3) is 3.66. The number of benzene rings is 1. The Hall–Kier alpha value is -2.22. The molecule has 112 valence electrons. The normalized spacial score (nSPS) is 18.1. The first-order chi connectivity index (χ1) is 9.99. The Morgan fingerprint density at radius 3 is 2.52 bits per heavy atom. The summed E-state index contributed by atoms with van der Waals surface area (Å²) in [5.74, 6) is -0.477. The van der Waals surface area contributed by atoms with E-state index in [4.69, 9.17) is 10.8 Å². The lowest BCUT2D eigenvalue weighted by Crippen LogP contribution is -2.51. The number of rotatable bonds is 3. The highest BCUT2D eigenvalue weighted by Gasteiger charge is 2.32. The molecule has 1 atom stereocenters. The van der Waals surface area contributed by atoms with Crippen LogP contribution in [-0.4, -0.2) is 52.0 Å². The summed E-state index contributed by atoms with van der Waals surface area (Å²) in [6.07, 6.45) is 0. The molecule has 0 aliphatic carbocycles. The molecule has 4 N–H and O–H groups in total. The molecular weight excluding hydrogens is 294 g/mol. The fraction of sp³-hybridized carbons (Fsp3) is 0.308. The minimum absolute atomic E-state index is 0.339. The van der Waals surface area contributed by atoms with Crippen LogP contribution in [-0.2, 0) is 4.79 Å². The number of anilines is 1. The van der Waals surface area contributed by atoms with E-state index in [1.165, 1.54) is 28.8 Å². The topological polar surface area (TPSA) is 113 Å². The summed E-state index contributed by atoms with van der Waals surface area (Å²) in [5, 5.41) is 11.8. The highest BCUT2D eigenvalue weighted by Crippen LogP contribution is 2.18. The molecule has 1 aliphatic heterocycles. The molecule has 0 bridgehead atoms. The van der Waals surface area contributed by atoms with Gasteiger partial charge in [-0.15, -0.1) is 0 Å². The third-order valence-corrected chi connectivity index (χ3v) is 4.12. The van der Waals surface area contributed by atoms with Crippen LogP contribution in [0.15, 0.2) is 24.3 Å². The number of urea groups is 1. The molecule has 1 aliphatic rings. The van der Waals surface area contributed by atoms with Crippen LogP contribution in [0.3, 0.4) is 0 Å². The van der Waals surface area contributed by atoms with Crippen molar-refractivity contribution in [3.8, 4) is 0 Å². The molecule has 0 radical (unpaired) electrons. The lowest BCUT2D eigenvalue weighted by atomic mass is 10.2. The number of aliphatic carboxylic acids is 1. The summed E-state index contributed by atoms with van der Waals surface area (Å²) in [6, 6.07) is 4.80. The predicted octanol–water partition coefficient (Wildman–Crippen LogP) is 0.819. The van der Waals surface area contributed by atoms with E-state index in [0.29, 0.717) is 29.3 Å². The summed E-state index contributed by atoms with van der Waals surface area (Å²) < 4.78 is 0. The van der Waals surface area contributed by atoms with Crippen molar-refractivity contribution in [1.29, 1.82) is 0 Å². The van der Waals surface area contributed by atoms with Gasteiger partial charge in [0.05, 0.1) is 0 Å². The first kappa shape index (κ1) is 15.2. The van der Waals surface area contributed by atoms with E-state index in [-0.39, 0.29) is 0 Å². The maximum absolute atomic E-state index is 12.2. The van der Waals surface area contributed by atoms with E-state index >= 15 is 0 Å². The van der Waals surface area contributed by atoms with Crippen molar-refractivity contribution in [2.24, 2.45) is 5.73 Å². The maximum atomic E-state index is 12.2. The molecule has 1 unspecified atom stereocenters. The van der Waals surface area contributed by atoms with Crippen LogP contribution in [0.5, 0.6) is 0 Å². The number of nitrogens with two attached hydrogens (primary N) is 1. The van der Waals surface area contributed by atoms with Crippen molar-refractivity contribution >= 4 is 35.4 Å². The van der Waals surface area contributed by atoms with Crippen LogP contribution < -0.4 is 11.1 Å². The number of carboxylic acid groups (broad SMARTS) is 1. The van der Waals surface area contributed by atoms with Crippen LogP contribution >= 0.6 is 11.8 Å². The predicted molar refractivity (Wildman–Crippen MR) is 79.4 cm³/mol. The smallest absolute Gasteiger partial charge is 0.327 e. The minimum atomic E-state index is -1.01. The van der Waals surface area contributed by atoms with Gasteiger partial charge >= 0.3 is 12.0 Å². The number of amides is 3. The van der Waals surface area contributed by atoms with E-state index in [1.54, 1.807) is 12.1 Å². The fourth-order valence-corrected chi connectivity index (χ4v) is 3.00. The van der Waals surface area contributed by atoms with Gasteiger partial charge < -0.3 is 21.1 Å². The first-order valence-corrected chi connectivity index (χ1v) is 7.42. The molecule has 21 heavy (non-hydrogen) atoms. The molecular formula is C13H15N3O4S. The Labute approximate surface area is 125 Å². The largest absolute Gasteiger partial charge is 0.480 e. The van der Waals surface area contributed by atoms with E-state index < -0.39 is 23.9 Å². The number of carbonyl (C=O) groups is 3.